The van der Waals surface area contributed by atoms with E-state index >= 15 is 0 Å². The molecule has 11 heteroatoms. The molecule has 0 aliphatic carbocycles. The molecule has 0 spiro atoms. The fourth-order valence-corrected chi connectivity index (χ4v) is 2.25. The number of ether oxygens (including phenoxy) is 2. The normalized spacial score (nSPS) is 37.2. The van der Waals surface area contributed by atoms with Crippen molar-refractivity contribution in [3.63, 3.8) is 0 Å². The molecule has 0 unspecified atom stereocenters. The zero-order valence-electron chi connectivity index (χ0n) is 12.4. The molecule has 0 aromatic rings. The molecule has 0 aromatic carbocycles. The molecule has 0 aromatic heterocycles. The Kier molecular flexibility index (Phi) is 8.20. The zero-order chi connectivity index (χ0) is 17.7. The second-order valence-corrected chi connectivity index (χ2v) is 5.43. The molecular formula is C12H26N2O9. The number of hydrogen-bond donors (Lipinski definition) is 9. The molecule has 0 bridgehead atoms. The Bertz CT molecular complexity index is 348. The van der Waals surface area contributed by atoms with Crippen LogP contribution in [-0.2, 0) is 9.47 Å². The first-order valence-electron chi connectivity index (χ1n) is 7.17. The van der Waals surface area contributed by atoms with Gasteiger partial charge in [-0.15, -0.1) is 0 Å². The molecule has 0 amide bonds. The number of nitrogens with two attached hydrogens (primary N) is 2. The molecule has 11 nitrogen and oxygen atoms in total. The Balaban J connectivity index is 2.89. The van der Waals surface area contributed by atoms with Gasteiger partial charge in [0.2, 0.25) is 0 Å². The predicted molar refractivity (Wildman–Crippen MR) is 74.8 cm³/mol. The van der Waals surface area contributed by atoms with Crippen molar-refractivity contribution in [3.05, 3.63) is 0 Å². The molecule has 138 valence electrons. The molecule has 0 radical (unpaired) electrons. The van der Waals surface area contributed by atoms with Gasteiger partial charge in [-0.05, 0) is 0 Å². The summed E-state index contributed by atoms with van der Waals surface area (Å²) >= 11 is 0. The number of hydrogen-bond acceptors (Lipinski definition) is 11. The minimum Gasteiger partial charge on any atom is -0.394 e. The van der Waals surface area contributed by atoms with Crippen LogP contribution in [0.25, 0.3) is 0 Å². The fourth-order valence-electron chi connectivity index (χ4n) is 2.25. The Morgan fingerprint density at radius 3 is 2.09 bits per heavy atom. The highest BCUT2D eigenvalue weighted by Crippen LogP contribution is 2.24. The quantitative estimate of drug-likeness (QED) is 0.202. The Morgan fingerprint density at radius 2 is 1.61 bits per heavy atom. The van der Waals surface area contributed by atoms with Gasteiger partial charge >= 0.3 is 0 Å². The molecule has 1 heterocycles. The van der Waals surface area contributed by atoms with Gasteiger partial charge in [-0.2, -0.15) is 0 Å². The minimum absolute atomic E-state index is 0.298. The third-order valence-electron chi connectivity index (χ3n) is 3.77. The molecule has 1 rings (SSSR count). The van der Waals surface area contributed by atoms with Crippen LogP contribution in [0.1, 0.15) is 0 Å². The van der Waals surface area contributed by atoms with Crippen molar-refractivity contribution in [2.45, 2.75) is 55.1 Å². The van der Waals surface area contributed by atoms with Crippen molar-refractivity contribution in [2.24, 2.45) is 11.5 Å². The van der Waals surface area contributed by atoms with E-state index in [1.807, 2.05) is 0 Å². The van der Waals surface area contributed by atoms with Crippen LogP contribution in [0.2, 0.25) is 0 Å². The third kappa shape index (κ3) is 4.78. The first kappa shape index (κ1) is 20.6. The second kappa shape index (κ2) is 9.15. The topological polar surface area (TPSA) is 212 Å². The molecule has 11 N–H and O–H groups in total. The maximum Gasteiger partial charge on any atom is 0.187 e. The summed E-state index contributed by atoms with van der Waals surface area (Å²) in [4.78, 5) is 0. The second-order valence-electron chi connectivity index (χ2n) is 5.43. The summed E-state index contributed by atoms with van der Waals surface area (Å²) in [5, 5.41) is 66.8. The van der Waals surface area contributed by atoms with Crippen LogP contribution in [0, 0.1) is 0 Å². The van der Waals surface area contributed by atoms with Crippen LogP contribution >= 0.6 is 0 Å². The average molecular weight is 342 g/mol. The first-order chi connectivity index (χ1) is 10.8. The third-order valence-corrected chi connectivity index (χ3v) is 3.77. The van der Waals surface area contributed by atoms with E-state index < -0.39 is 68.3 Å². The predicted octanol–water partition coefficient (Wildman–Crippen LogP) is -5.83. The summed E-state index contributed by atoms with van der Waals surface area (Å²) in [5.41, 5.74) is 11.0. The van der Waals surface area contributed by atoms with Gasteiger partial charge < -0.3 is 56.7 Å². The van der Waals surface area contributed by atoms with Gasteiger partial charge in [0, 0.05) is 6.54 Å². The zero-order valence-corrected chi connectivity index (χ0v) is 12.4. The molecule has 9 atom stereocenters. The van der Waals surface area contributed by atoms with Crippen LogP contribution in [-0.4, -0.2) is 111 Å². The van der Waals surface area contributed by atoms with E-state index in [1.54, 1.807) is 0 Å². The van der Waals surface area contributed by atoms with Crippen molar-refractivity contribution in [2.75, 3.05) is 19.8 Å². The van der Waals surface area contributed by atoms with Gasteiger partial charge in [-0.1, -0.05) is 0 Å². The lowest BCUT2D eigenvalue weighted by molar-refractivity contribution is -0.319. The lowest BCUT2D eigenvalue weighted by Crippen LogP contribution is -2.62. The van der Waals surface area contributed by atoms with Crippen LogP contribution in [0.5, 0.6) is 0 Å². The van der Waals surface area contributed by atoms with E-state index in [-0.39, 0.29) is 6.54 Å². The summed E-state index contributed by atoms with van der Waals surface area (Å²) in [5.74, 6) is 0. The van der Waals surface area contributed by atoms with E-state index in [0.717, 1.165) is 0 Å². The largest absolute Gasteiger partial charge is 0.394 e. The average Bonchev–Trinajstić information content (AvgIpc) is 2.57. The summed E-state index contributed by atoms with van der Waals surface area (Å²) in [6.45, 7) is -1.65. The highest BCUT2D eigenvalue weighted by Gasteiger charge is 2.46. The number of aliphatic hydroxyl groups is 7. The van der Waals surface area contributed by atoms with Gasteiger partial charge in [0.25, 0.3) is 0 Å². The monoisotopic (exact) mass is 342 g/mol. The SMILES string of the molecule is NC[C@H](O)[C@@H](O[C@H]1O[C@H](CO)[C@@H](O)[C@H](O)[C@H]1O)[C@H](N)[C@H](O)CO. The van der Waals surface area contributed by atoms with E-state index in [2.05, 4.69) is 0 Å². The summed E-state index contributed by atoms with van der Waals surface area (Å²) in [6, 6.07) is -1.27. The van der Waals surface area contributed by atoms with Gasteiger partial charge in [0.05, 0.1) is 31.5 Å². The number of aliphatic hydroxyl groups excluding tert-OH is 7. The van der Waals surface area contributed by atoms with Crippen LogP contribution < -0.4 is 11.5 Å². The standard InChI is InChI=1S/C12H26N2O9/c13-1-4(17)11(7(14)5(18)2-15)23-12-10(21)9(20)8(19)6(3-16)22-12/h4-12,15-21H,1-3,13-14H2/t4-,5+,6+,7+,8+,9-,10+,11+,12+/m0/s1. The van der Waals surface area contributed by atoms with Crippen molar-refractivity contribution in [1.82, 2.24) is 0 Å². The Labute approximate surface area is 132 Å². The van der Waals surface area contributed by atoms with Crippen molar-refractivity contribution >= 4 is 0 Å². The van der Waals surface area contributed by atoms with E-state index in [1.165, 1.54) is 0 Å². The number of rotatable bonds is 8. The summed E-state index contributed by atoms with van der Waals surface area (Å²) < 4.78 is 10.4. The smallest absolute Gasteiger partial charge is 0.187 e. The van der Waals surface area contributed by atoms with Crippen molar-refractivity contribution < 1.29 is 45.2 Å². The van der Waals surface area contributed by atoms with Gasteiger partial charge in [-0.25, -0.2) is 0 Å². The molecular weight excluding hydrogens is 316 g/mol. The molecule has 1 aliphatic heterocycles. The Morgan fingerprint density at radius 1 is 1.00 bits per heavy atom. The molecule has 23 heavy (non-hydrogen) atoms. The fraction of sp³-hybridized carbons (Fsp3) is 1.00. The van der Waals surface area contributed by atoms with E-state index in [0.29, 0.717) is 0 Å². The summed E-state index contributed by atoms with van der Waals surface area (Å²) in [6.07, 6.45) is -11.8. The van der Waals surface area contributed by atoms with Crippen LogP contribution in [0.4, 0.5) is 0 Å². The van der Waals surface area contributed by atoms with E-state index in [9.17, 15) is 25.5 Å². The van der Waals surface area contributed by atoms with E-state index in [4.69, 9.17) is 31.2 Å². The lowest BCUT2D eigenvalue weighted by atomic mass is 9.98. The van der Waals surface area contributed by atoms with Crippen molar-refractivity contribution in [1.29, 1.82) is 0 Å². The highest BCUT2D eigenvalue weighted by molar-refractivity contribution is 4.92. The summed E-state index contributed by atoms with van der Waals surface area (Å²) in [7, 11) is 0. The molecule has 1 fully saturated rings. The molecule has 0 saturated carbocycles. The van der Waals surface area contributed by atoms with Gasteiger partial charge in [-0.3, -0.25) is 0 Å². The lowest BCUT2D eigenvalue weighted by Gasteiger charge is -2.42. The Hall–Kier alpha value is -0.440. The van der Waals surface area contributed by atoms with Crippen LogP contribution in [0.15, 0.2) is 0 Å². The van der Waals surface area contributed by atoms with Gasteiger partial charge in [0.1, 0.15) is 30.5 Å². The van der Waals surface area contributed by atoms with Crippen LogP contribution in [0.3, 0.4) is 0 Å². The van der Waals surface area contributed by atoms with Crippen molar-refractivity contribution in [3.8, 4) is 0 Å². The van der Waals surface area contributed by atoms with Gasteiger partial charge in [0.15, 0.2) is 6.29 Å². The molecule has 1 saturated heterocycles. The minimum atomic E-state index is -1.70. The maximum absolute atomic E-state index is 9.89. The molecule has 1 aliphatic rings. The first-order valence-corrected chi connectivity index (χ1v) is 7.17. The highest BCUT2D eigenvalue weighted by atomic mass is 16.7. The maximum atomic E-state index is 9.89.